The van der Waals surface area contributed by atoms with E-state index in [-0.39, 0.29) is 51.3 Å². The standard InChI is InChI=1S/C19H36N8O5/c1-5-23(6-2)15(28)21-10-13-26-17(30)25(12-9-20)18(31)27(19(26)32)14-11-22-16(29)24(7-3)8-4/h5-14,20H2,1-4H3,(H,21,28)(H,22,29). The van der Waals surface area contributed by atoms with Gasteiger partial charge in [-0.05, 0) is 27.7 Å². The smallest absolute Gasteiger partial charge is 0.336 e. The second kappa shape index (κ2) is 13.3. The molecule has 0 atom stereocenters. The van der Waals surface area contributed by atoms with Crippen molar-refractivity contribution in [3.63, 3.8) is 0 Å². The van der Waals surface area contributed by atoms with Crippen molar-refractivity contribution in [2.45, 2.75) is 47.3 Å². The lowest BCUT2D eigenvalue weighted by molar-refractivity contribution is 0.202. The lowest BCUT2D eigenvalue weighted by Gasteiger charge is -2.20. The first-order chi connectivity index (χ1) is 15.3. The molecular weight excluding hydrogens is 420 g/mol. The van der Waals surface area contributed by atoms with Crippen LogP contribution in [0.4, 0.5) is 9.59 Å². The first-order valence-electron chi connectivity index (χ1n) is 11.0. The Labute approximate surface area is 186 Å². The van der Waals surface area contributed by atoms with E-state index >= 15 is 0 Å². The molecule has 0 saturated heterocycles. The van der Waals surface area contributed by atoms with E-state index in [9.17, 15) is 24.0 Å². The first-order valence-corrected chi connectivity index (χ1v) is 11.0. The van der Waals surface area contributed by atoms with Crippen LogP contribution in [0.2, 0.25) is 0 Å². The molecule has 1 heterocycles. The molecule has 13 heteroatoms. The average molecular weight is 457 g/mol. The minimum atomic E-state index is -0.803. The van der Waals surface area contributed by atoms with Gasteiger partial charge in [-0.25, -0.2) is 37.7 Å². The second-order valence-electron chi connectivity index (χ2n) is 6.90. The molecule has 0 unspecified atom stereocenters. The highest BCUT2D eigenvalue weighted by atomic mass is 16.2. The van der Waals surface area contributed by atoms with Crippen molar-refractivity contribution in [2.75, 3.05) is 45.8 Å². The highest BCUT2D eigenvalue weighted by Crippen LogP contribution is 1.89. The third-order valence-corrected chi connectivity index (χ3v) is 5.06. The summed E-state index contributed by atoms with van der Waals surface area (Å²) in [6.07, 6.45) is 0. The summed E-state index contributed by atoms with van der Waals surface area (Å²) in [5.74, 6) is 0. The Morgan fingerprint density at radius 2 is 1.00 bits per heavy atom. The van der Waals surface area contributed by atoms with Crippen molar-refractivity contribution in [1.82, 2.24) is 34.1 Å². The van der Waals surface area contributed by atoms with Crippen LogP contribution in [0.25, 0.3) is 0 Å². The zero-order chi connectivity index (χ0) is 24.3. The molecule has 0 aliphatic heterocycles. The molecule has 4 N–H and O–H groups in total. The first kappa shape index (κ1) is 26.9. The topological polar surface area (TPSA) is 157 Å². The number of aromatic nitrogens is 3. The predicted octanol–water partition coefficient (Wildman–Crippen LogP) is -1.77. The van der Waals surface area contributed by atoms with E-state index < -0.39 is 17.1 Å². The van der Waals surface area contributed by atoms with Crippen LogP contribution in [0.1, 0.15) is 27.7 Å². The molecule has 0 aliphatic carbocycles. The molecule has 0 radical (unpaired) electrons. The quantitative estimate of drug-likeness (QED) is 0.338. The van der Waals surface area contributed by atoms with Gasteiger partial charge in [0.25, 0.3) is 0 Å². The Morgan fingerprint density at radius 1 is 0.688 bits per heavy atom. The van der Waals surface area contributed by atoms with E-state index in [0.29, 0.717) is 26.2 Å². The van der Waals surface area contributed by atoms with Gasteiger partial charge in [-0.15, -0.1) is 0 Å². The van der Waals surface area contributed by atoms with Crippen LogP contribution in [0.3, 0.4) is 0 Å². The second-order valence-corrected chi connectivity index (χ2v) is 6.90. The fraction of sp³-hybridized carbons (Fsp3) is 0.737. The van der Waals surface area contributed by atoms with Crippen molar-refractivity contribution in [1.29, 1.82) is 0 Å². The number of carbonyl (C=O) groups is 2. The number of hydrogen-bond donors (Lipinski definition) is 3. The van der Waals surface area contributed by atoms with Gasteiger partial charge in [0.1, 0.15) is 0 Å². The van der Waals surface area contributed by atoms with E-state index in [2.05, 4.69) is 10.6 Å². The monoisotopic (exact) mass is 456 g/mol. The van der Waals surface area contributed by atoms with Gasteiger partial charge < -0.3 is 26.2 Å². The number of amides is 4. The summed E-state index contributed by atoms with van der Waals surface area (Å²) in [6, 6.07) is -0.615. The van der Waals surface area contributed by atoms with Gasteiger partial charge in [0.05, 0.1) is 0 Å². The molecule has 13 nitrogen and oxygen atoms in total. The number of carbonyl (C=O) groups excluding carboxylic acids is 2. The molecule has 0 bridgehead atoms. The van der Waals surface area contributed by atoms with Crippen molar-refractivity contribution in [3.05, 3.63) is 31.5 Å². The lowest BCUT2D eigenvalue weighted by atomic mass is 10.5. The predicted molar refractivity (Wildman–Crippen MR) is 121 cm³/mol. The molecule has 4 amide bonds. The molecule has 182 valence electrons. The van der Waals surface area contributed by atoms with Crippen LogP contribution in [-0.2, 0) is 19.6 Å². The Morgan fingerprint density at radius 3 is 1.28 bits per heavy atom. The van der Waals surface area contributed by atoms with E-state index in [1.165, 1.54) is 0 Å². The number of nitrogens with two attached hydrogens (primary N) is 1. The largest absolute Gasteiger partial charge is 0.336 e. The van der Waals surface area contributed by atoms with Crippen molar-refractivity contribution in [2.24, 2.45) is 5.73 Å². The molecule has 0 saturated carbocycles. The maximum atomic E-state index is 12.8. The number of urea groups is 2. The Balaban J connectivity index is 3.08. The molecular formula is C19H36N8O5. The molecule has 1 aromatic heterocycles. The lowest BCUT2D eigenvalue weighted by Crippen LogP contribution is -2.56. The number of rotatable bonds is 12. The molecule has 32 heavy (non-hydrogen) atoms. The molecule has 0 spiro atoms. The zero-order valence-electron chi connectivity index (χ0n) is 19.4. The molecule has 0 fully saturated rings. The summed E-state index contributed by atoms with van der Waals surface area (Å²) in [5.41, 5.74) is 3.15. The van der Waals surface area contributed by atoms with Gasteiger partial charge in [0, 0.05) is 65.4 Å². The van der Waals surface area contributed by atoms with Gasteiger partial charge in [-0.1, -0.05) is 0 Å². The average Bonchev–Trinajstić information content (AvgIpc) is 2.77. The summed E-state index contributed by atoms with van der Waals surface area (Å²) in [4.78, 5) is 65.5. The number of nitrogens with zero attached hydrogens (tertiary/aromatic N) is 5. The fourth-order valence-electron chi connectivity index (χ4n) is 3.18. The summed E-state index contributed by atoms with van der Waals surface area (Å²) in [5, 5.41) is 5.32. The molecule has 1 aromatic rings. The minimum Gasteiger partial charge on any atom is -0.336 e. The normalized spacial score (nSPS) is 10.7. The third-order valence-electron chi connectivity index (χ3n) is 5.06. The van der Waals surface area contributed by atoms with Gasteiger partial charge in [-0.2, -0.15) is 0 Å². The van der Waals surface area contributed by atoms with Crippen molar-refractivity contribution >= 4 is 12.1 Å². The summed E-state index contributed by atoms with van der Waals surface area (Å²) >= 11 is 0. The molecule has 1 rings (SSSR count). The maximum absolute atomic E-state index is 12.8. The van der Waals surface area contributed by atoms with Crippen LogP contribution in [0.5, 0.6) is 0 Å². The highest BCUT2D eigenvalue weighted by molar-refractivity contribution is 5.74. The molecule has 0 aromatic carbocycles. The van der Waals surface area contributed by atoms with Crippen LogP contribution in [0, 0.1) is 0 Å². The number of nitrogens with one attached hydrogen (secondary N) is 2. The SMILES string of the molecule is CCN(CC)C(=O)NCCn1c(=O)n(CCN)c(=O)n(CCNC(=O)N(CC)CC)c1=O. The maximum Gasteiger partial charge on any atom is 0.336 e. The van der Waals surface area contributed by atoms with E-state index in [1.54, 1.807) is 9.80 Å². The van der Waals surface area contributed by atoms with Crippen LogP contribution in [0.15, 0.2) is 14.4 Å². The Hall–Kier alpha value is -3.09. The van der Waals surface area contributed by atoms with Crippen LogP contribution in [-0.4, -0.2) is 81.4 Å². The zero-order valence-corrected chi connectivity index (χ0v) is 19.4. The fourth-order valence-corrected chi connectivity index (χ4v) is 3.18. The van der Waals surface area contributed by atoms with E-state index in [4.69, 9.17) is 5.73 Å². The van der Waals surface area contributed by atoms with Gasteiger partial charge in [0.15, 0.2) is 0 Å². The summed E-state index contributed by atoms with van der Waals surface area (Å²) in [7, 11) is 0. The molecule has 0 aliphatic rings. The summed E-state index contributed by atoms with van der Waals surface area (Å²) < 4.78 is 2.68. The van der Waals surface area contributed by atoms with Crippen LogP contribution >= 0.6 is 0 Å². The minimum absolute atomic E-state index is 0.0318. The van der Waals surface area contributed by atoms with E-state index in [1.807, 2.05) is 27.7 Å². The highest BCUT2D eigenvalue weighted by Gasteiger charge is 2.16. The number of hydrogen-bond acceptors (Lipinski definition) is 6. The van der Waals surface area contributed by atoms with Crippen molar-refractivity contribution in [3.8, 4) is 0 Å². The van der Waals surface area contributed by atoms with Crippen molar-refractivity contribution < 1.29 is 9.59 Å². The van der Waals surface area contributed by atoms with Gasteiger partial charge in [0.2, 0.25) is 0 Å². The van der Waals surface area contributed by atoms with Crippen LogP contribution < -0.4 is 33.4 Å². The van der Waals surface area contributed by atoms with E-state index in [0.717, 1.165) is 13.7 Å². The third kappa shape index (κ3) is 6.70. The van der Waals surface area contributed by atoms with Gasteiger partial charge >= 0.3 is 29.1 Å². The van der Waals surface area contributed by atoms with Gasteiger partial charge in [-0.3, -0.25) is 0 Å². The summed E-state index contributed by atoms with van der Waals surface area (Å²) in [6.45, 7) is 9.28. The Bertz CT molecular complexity index is 859. The Kier molecular flexibility index (Phi) is 11.2.